The Balaban J connectivity index is 1.90. The summed E-state index contributed by atoms with van der Waals surface area (Å²) in [5, 5.41) is 3.00. The number of methoxy groups -OCH3 is 1. The first kappa shape index (κ1) is 22.0. The zero-order valence-corrected chi connectivity index (χ0v) is 20.0. The largest absolute Gasteiger partial charge is 0.496 e. The molecular formula is C28H27NO5. The number of hydrogen-bond acceptors (Lipinski definition) is 5. The predicted octanol–water partition coefficient (Wildman–Crippen LogP) is 5.71. The molecule has 174 valence electrons. The van der Waals surface area contributed by atoms with Crippen molar-refractivity contribution in [1.82, 2.24) is 4.57 Å². The Morgan fingerprint density at radius 3 is 2.62 bits per heavy atom. The number of nitrogens with zero attached hydrogens (tertiary/aromatic N) is 1. The zero-order chi connectivity index (χ0) is 24.2. The lowest BCUT2D eigenvalue weighted by Crippen LogP contribution is -2.35. The maximum atomic E-state index is 14.0. The molecule has 5 rings (SSSR count). The van der Waals surface area contributed by atoms with E-state index < -0.39 is 5.60 Å². The van der Waals surface area contributed by atoms with Gasteiger partial charge in [-0.25, -0.2) is 0 Å². The minimum atomic E-state index is -0.860. The molecule has 6 heteroatoms. The molecule has 2 heterocycles. The minimum Gasteiger partial charge on any atom is -0.496 e. The fourth-order valence-corrected chi connectivity index (χ4v) is 4.77. The van der Waals surface area contributed by atoms with Gasteiger partial charge in [0.25, 0.3) is 0 Å². The third-order valence-electron chi connectivity index (χ3n) is 6.46. The van der Waals surface area contributed by atoms with Gasteiger partial charge < -0.3 is 18.8 Å². The molecule has 4 aromatic rings. The maximum Gasteiger partial charge on any atom is 0.310 e. The molecule has 0 fully saturated rings. The van der Waals surface area contributed by atoms with Gasteiger partial charge in [-0.2, -0.15) is 0 Å². The lowest BCUT2D eigenvalue weighted by atomic mass is 9.95. The summed E-state index contributed by atoms with van der Waals surface area (Å²) in [7, 11) is 3.48. The molecule has 0 aliphatic carbocycles. The number of benzene rings is 3. The van der Waals surface area contributed by atoms with Crippen molar-refractivity contribution in [2.75, 3.05) is 7.11 Å². The Hall–Kier alpha value is -3.80. The number of hydrogen-bond donors (Lipinski definition) is 0. The van der Waals surface area contributed by atoms with E-state index in [2.05, 4.69) is 0 Å². The van der Waals surface area contributed by atoms with Gasteiger partial charge in [0.05, 0.1) is 28.9 Å². The Bertz CT molecular complexity index is 1580. The Labute approximate surface area is 197 Å². The summed E-state index contributed by atoms with van der Waals surface area (Å²) in [6.45, 7) is 5.63. The highest BCUT2D eigenvalue weighted by atomic mass is 16.6. The summed E-state index contributed by atoms with van der Waals surface area (Å²) in [5.74, 6) is 1.12. The summed E-state index contributed by atoms with van der Waals surface area (Å²) in [4.78, 5) is 26.3. The molecule has 34 heavy (non-hydrogen) atoms. The molecule has 1 aliphatic heterocycles. The molecule has 0 unspecified atom stereocenters. The SMILES string of the molecule is CCCC(=O)OC1=Cc2c(cc(OC)c3c(=O)c4c5ccccc5ccc4n(C)c23)OC1(C)C. The number of rotatable bonds is 4. The first-order valence-corrected chi connectivity index (χ1v) is 11.4. The topological polar surface area (TPSA) is 66.8 Å². The molecule has 0 bridgehead atoms. The smallest absolute Gasteiger partial charge is 0.310 e. The van der Waals surface area contributed by atoms with Gasteiger partial charge in [-0.3, -0.25) is 9.59 Å². The van der Waals surface area contributed by atoms with Gasteiger partial charge in [0.15, 0.2) is 11.4 Å². The average Bonchev–Trinajstić information content (AvgIpc) is 2.81. The second kappa shape index (κ2) is 7.90. The normalized spacial score (nSPS) is 14.6. The van der Waals surface area contributed by atoms with Crippen LogP contribution >= 0.6 is 0 Å². The van der Waals surface area contributed by atoms with Crippen molar-refractivity contribution >= 4 is 44.6 Å². The number of fused-ring (bicyclic) bond motifs is 6. The molecule has 0 saturated carbocycles. The number of ether oxygens (including phenoxy) is 3. The van der Waals surface area contributed by atoms with E-state index in [1.165, 1.54) is 0 Å². The van der Waals surface area contributed by atoms with Crippen LogP contribution in [0.1, 0.15) is 39.2 Å². The van der Waals surface area contributed by atoms with Crippen molar-refractivity contribution in [3.63, 3.8) is 0 Å². The van der Waals surface area contributed by atoms with Crippen LogP contribution < -0.4 is 14.9 Å². The Morgan fingerprint density at radius 2 is 1.88 bits per heavy atom. The molecule has 0 atom stereocenters. The Kier molecular flexibility index (Phi) is 5.12. The summed E-state index contributed by atoms with van der Waals surface area (Å²) < 4.78 is 19.7. The standard InChI is InChI=1S/C28H27NO5/c1-6-9-23(30)33-22-14-18-20(34-28(22,2)3)15-21(32-5)25-26(18)29(4)19-13-12-16-10-7-8-11-17(16)24(19)27(25)31/h7-8,10-15H,6,9H2,1-5H3. The highest BCUT2D eigenvalue weighted by molar-refractivity contribution is 6.12. The van der Waals surface area contributed by atoms with Gasteiger partial charge in [0.1, 0.15) is 11.5 Å². The van der Waals surface area contributed by atoms with Gasteiger partial charge in [0, 0.05) is 25.1 Å². The lowest BCUT2D eigenvalue weighted by molar-refractivity contribution is -0.142. The quantitative estimate of drug-likeness (QED) is 0.223. The monoisotopic (exact) mass is 457 g/mol. The van der Waals surface area contributed by atoms with E-state index in [4.69, 9.17) is 14.2 Å². The van der Waals surface area contributed by atoms with Crippen molar-refractivity contribution in [2.24, 2.45) is 7.05 Å². The van der Waals surface area contributed by atoms with Crippen molar-refractivity contribution in [1.29, 1.82) is 0 Å². The number of carbonyl (C=O) groups excluding carboxylic acids is 1. The van der Waals surface area contributed by atoms with E-state index in [-0.39, 0.29) is 11.4 Å². The Morgan fingerprint density at radius 1 is 1.12 bits per heavy atom. The van der Waals surface area contributed by atoms with Gasteiger partial charge in [-0.15, -0.1) is 0 Å². The van der Waals surface area contributed by atoms with E-state index in [9.17, 15) is 9.59 Å². The van der Waals surface area contributed by atoms with Gasteiger partial charge >= 0.3 is 5.97 Å². The van der Waals surface area contributed by atoms with Crippen molar-refractivity contribution in [3.05, 3.63) is 64.0 Å². The van der Waals surface area contributed by atoms with Crippen LogP contribution in [0, 0.1) is 0 Å². The van der Waals surface area contributed by atoms with Crippen LogP contribution in [0.3, 0.4) is 0 Å². The highest BCUT2D eigenvalue weighted by Crippen LogP contribution is 2.43. The highest BCUT2D eigenvalue weighted by Gasteiger charge is 2.36. The number of pyridine rings is 1. The first-order valence-electron chi connectivity index (χ1n) is 11.4. The zero-order valence-electron chi connectivity index (χ0n) is 20.0. The fourth-order valence-electron chi connectivity index (χ4n) is 4.77. The molecule has 0 radical (unpaired) electrons. The van der Waals surface area contributed by atoms with Gasteiger partial charge in [-0.05, 0) is 43.2 Å². The summed E-state index contributed by atoms with van der Waals surface area (Å²) in [6.07, 6.45) is 2.83. The molecule has 3 aromatic carbocycles. The molecule has 0 amide bonds. The van der Waals surface area contributed by atoms with E-state index in [1.54, 1.807) is 13.2 Å². The molecule has 0 N–H and O–H groups in total. The van der Waals surface area contributed by atoms with Gasteiger partial charge in [-0.1, -0.05) is 37.3 Å². The summed E-state index contributed by atoms with van der Waals surface area (Å²) in [6, 6.07) is 13.6. The van der Waals surface area contributed by atoms with E-state index in [0.29, 0.717) is 52.0 Å². The molecule has 1 aliphatic rings. The van der Waals surface area contributed by atoms with Crippen LogP contribution in [0.15, 0.2) is 53.0 Å². The maximum absolute atomic E-state index is 14.0. The summed E-state index contributed by atoms with van der Waals surface area (Å²) >= 11 is 0. The van der Waals surface area contributed by atoms with E-state index in [0.717, 1.165) is 16.3 Å². The van der Waals surface area contributed by atoms with E-state index in [1.807, 2.05) is 74.9 Å². The lowest BCUT2D eigenvalue weighted by Gasteiger charge is -2.33. The van der Waals surface area contributed by atoms with Gasteiger partial charge in [0.2, 0.25) is 5.43 Å². The van der Waals surface area contributed by atoms with Crippen LogP contribution in [0.2, 0.25) is 0 Å². The molecule has 0 spiro atoms. The average molecular weight is 458 g/mol. The third-order valence-corrected chi connectivity index (χ3v) is 6.46. The van der Waals surface area contributed by atoms with Crippen LogP contribution in [0.25, 0.3) is 38.7 Å². The predicted molar refractivity (Wildman–Crippen MR) is 134 cm³/mol. The first-order chi connectivity index (χ1) is 16.3. The van der Waals surface area contributed by atoms with Crippen molar-refractivity contribution < 1.29 is 19.0 Å². The van der Waals surface area contributed by atoms with Crippen LogP contribution in [0.4, 0.5) is 0 Å². The number of carbonyl (C=O) groups is 1. The fraction of sp³-hybridized carbons (Fsp3) is 0.286. The second-order valence-corrected chi connectivity index (χ2v) is 9.13. The molecule has 1 aromatic heterocycles. The molecular weight excluding hydrogens is 430 g/mol. The molecule has 6 nitrogen and oxygen atoms in total. The second-order valence-electron chi connectivity index (χ2n) is 9.13. The molecule has 0 saturated heterocycles. The number of esters is 1. The van der Waals surface area contributed by atoms with Crippen LogP contribution in [-0.4, -0.2) is 23.2 Å². The van der Waals surface area contributed by atoms with Crippen molar-refractivity contribution in [2.45, 2.75) is 39.2 Å². The van der Waals surface area contributed by atoms with E-state index >= 15 is 0 Å². The third kappa shape index (κ3) is 3.24. The minimum absolute atomic E-state index is 0.109. The number of aryl methyl sites for hydroxylation is 1. The van der Waals surface area contributed by atoms with Crippen LogP contribution in [-0.2, 0) is 16.6 Å². The summed E-state index contributed by atoms with van der Waals surface area (Å²) in [5.41, 5.74) is 1.18. The number of aromatic nitrogens is 1. The van der Waals surface area contributed by atoms with Crippen molar-refractivity contribution in [3.8, 4) is 11.5 Å². The van der Waals surface area contributed by atoms with Crippen LogP contribution in [0.5, 0.6) is 11.5 Å².